The second-order valence-electron chi connectivity index (χ2n) is 7.89. The predicted octanol–water partition coefficient (Wildman–Crippen LogP) is 6.80. The molecule has 0 aliphatic carbocycles. The highest BCUT2D eigenvalue weighted by molar-refractivity contribution is 6.01. The normalized spacial score (nSPS) is 14.6. The van der Waals surface area contributed by atoms with Crippen molar-refractivity contribution in [1.82, 2.24) is 4.98 Å². The minimum absolute atomic E-state index is 0.226. The second kappa shape index (κ2) is 6.49. The summed E-state index contributed by atoms with van der Waals surface area (Å²) in [5.74, 6) is -3.26. The molecule has 0 saturated carbocycles. The van der Waals surface area contributed by atoms with Crippen molar-refractivity contribution in [3.63, 3.8) is 0 Å². The van der Waals surface area contributed by atoms with Gasteiger partial charge in [0, 0.05) is 22.7 Å². The highest BCUT2D eigenvalue weighted by Crippen LogP contribution is 2.40. The summed E-state index contributed by atoms with van der Waals surface area (Å²) in [5, 5.41) is 4.30. The van der Waals surface area contributed by atoms with E-state index in [4.69, 9.17) is 4.42 Å². The Labute approximate surface area is 170 Å². The summed E-state index contributed by atoms with van der Waals surface area (Å²) in [4.78, 5) is 4.42. The zero-order valence-corrected chi connectivity index (χ0v) is 16.3. The summed E-state index contributed by atoms with van der Waals surface area (Å²) in [6.07, 6.45) is 5.66. The van der Waals surface area contributed by atoms with Crippen LogP contribution in [0.15, 0.2) is 59.2 Å². The summed E-state index contributed by atoms with van der Waals surface area (Å²) >= 11 is 0. The second-order valence-corrected chi connectivity index (χ2v) is 7.89. The van der Waals surface area contributed by atoms with E-state index in [1.165, 1.54) is 0 Å². The lowest BCUT2D eigenvalue weighted by Crippen LogP contribution is -2.29. The molecule has 0 unspecified atom stereocenters. The van der Waals surface area contributed by atoms with Crippen molar-refractivity contribution in [2.45, 2.75) is 19.4 Å². The predicted molar refractivity (Wildman–Crippen MR) is 111 cm³/mol. The molecule has 3 heterocycles. The number of furan rings is 1. The fraction of sp³-hybridized carbons (Fsp3) is 0.125. The Morgan fingerprint density at radius 1 is 0.967 bits per heavy atom. The van der Waals surface area contributed by atoms with E-state index in [1.54, 1.807) is 18.3 Å². The maximum atomic E-state index is 13.7. The van der Waals surface area contributed by atoms with Crippen LogP contribution in [0.4, 0.5) is 19.1 Å². The Balaban J connectivity index is 1.65. The van der Waals surface area contributed by atoms with Gasteiger partial charge in [-0.2, -0.15) is 0 Å². The fourth-order valence-corrected chi connectivity index (χ4v) is 3.70. The first-order valence-corrected chi connectivity index (χ1v) is 9.47. The Morgan fingerprint density at radius 2 is 1.73 bits per heavy atom. The molecule has 0 saturated heterocycles. The van der Waals surface area contributed by atoms with E-state index in [-0.39, 0.29) is 11.1 Å². The number of hydrogen-bond acceptors (Lipinski definition) is 3. The quantitative estimate of drug-likeness (QED) is 0.372. The molecular weight excluding hydrogens is 389 g/mol. The number of rotatable bonds is 2. The molecule has 5 rings (SSSR count). The van der Waals surface area contributed by atoms with Crippen LogP contribution in [-0.4, -0.2) is 10.5 Å². The first-order valence-electron chi connectivity index (χ1n) is 9.47. The number of nitrogens with zero attached hydrogens (tertiary/aromatic N) is 1. The van der Waals surface area contributed by atoms with E-state index < -0.39 is 17.5 Å². The summed E-state index contributed by atoms with van der Waals surface area (Å²) < 4.78 is 46.8. The topological polar surface area (TPSA) is 38.1 Å². The molecule has 0 radical (unpaired) electrons. The number of fused-ring (bicyclic) bond motifs is 3. The molecule has 1 aliphatic rings. The minimum atomic E-state index is -1.48. The third-order valence-corrected chi connectivity index (χ3v) is 5.21. The largest absolute Gasteiger partial charge is 0.439 e. The number of pyridine rings is 1. The van der Waals surface area contributed by atoms with Gasteiger partial charge in [-0.1, -0.05) is 24.3 Å². The fourth-order valence-electron chi connectivity index (χ4n) is 3.70. The van der Waals surface area contributed by atoms with Crippen LogP contribution in [0.25, 0.3) is 39.4 Å². The van der Waals surface area contributed by atoms with Crippen LogP contribution in [0.3, 0.4) is 0 Å². The summed E-state index contributed by atoms with van der Waals surface area (Å²) in [5.41, 5.74) is 3.48. The van der Waals surface area contributed by atoms with Crippen molar-refractivity contribution in [1.29, 1.82) is 0 Å². The molecule has 0 atom stereocenters. The Bertz CT molecular complexity index is 1310. The van der Waals surface area contributed by atoms with Gasteiger partial charge in [0.25, 0.3) is 0 Å². The number of nitrogens with one attached hydrogen (secondary N) is 1. The number of aromatic nitrogens is 1. The van der Waals surface area contributed by atoms with Crippen LogP contribution < -0.4 is 5.32 Å². The van der Waals surface area contributed by atoms with Gasteiger partial charge in [0.15, 0.2) is 17.5 Å². The average molecular weight is 406 g/mol. The molecule has 3 nitrogen and oxygen atoms in total. The molecule has 2 aromatic carbocycles. The number of halogens is 3. The van der Waals surface area contributed by atoms with Crippen molar-refractivity contribution in [3.8, 4) is 22.4 Å². The van der Waals surface area contributed by atoms with E-state index in [0.717, 1.165) is 28.6 Å². The molecule has 0 bridgehead atoms. The highest BCUT2D eigenvalue weighted by atomic mass is 19.2. The molecular formula is C24H17F3N2O. The van der Waals surface area contributed by atoms with Crippen LogP contribution in [0.1, 0.15) is 19.4 Å². The Hall–Kier alpha value is -3.54. The van der Waals surface area contributed by atoms with Crippen molar-refractivity contribution in [2.75, 3.05) is 5.32 Å². The molecule has 1 N–H and O–H groups in total. The molecule has 0 spiro atoms. The third kappa shape index (κ3) is 2.96. The standard InChI is InChI=1S/C24H17F3N2O/c1-24(2)8-6-16-15-4-3-5-17(22(15)30-23(16)29-24)20-12-13(7-9-28-20)14-10-18(25)21(27)19(26)11-14/h3-12,29H,1-2H3. The molecule has 150 valence electrons. The highest BCUT2D eigenvalue weighted by Gasteiger charge is 2.25. The molecule has 30 heavy (non-hydrogen) atoms. The molecule has 0 fully saturated rings. The van der Waals surface area contributed by atoms with E-state index in [0.29, 0.717) is 22.7 Å². The van der Waals surface area contributed by atoms with Crippen molar-refractivity contribution < 1.29 is 17.6 Å². The zero-order chi connectivity index (χ0) is 21.0. The first-order chi connectivity index (χ1) is 14.3. The van der Waals surface area contributed by atoms with Crippen LogP contribution in [0.2, 0.25) is 0 Å². The minimum Gasteiger partial charge on any atom is -0.439 e. The number of anilines is 1. The lowest BCUT2D eigenvalue weighted by Gasteiger charge is -2.25. The van der Waals surface area contributed by atoms with E-state index in [1.807, 2.05) is 38.1 Å². The van der Waals surface area contributed by atoms with Gasteiger partial charge in [-0.05, 0) is 55.3 Å². The third-order valence-electron chi connectivity index (χ3n) is 5.21. The number of benzene rings is 2. The molecule has 0 amide bonds. The van der Waals surface area contributed by atoms with Crippen molar-refractivity contribution in [2.24, 2.45) is 0 Å². The van der Waals surface area contributed by atoms with Gasteiger partial charge in [-0.25, -0.2) is 13.2 Å². The molecule has 2 aromatic heterocycles. The van der Waals surface area contributed by atoms with Gasteiger partial charge < -0.3 is 9.73 Å². The van der Waals surface area contributed by atoms with Gasteiger partial charge in [0.2, 0.25) is 5.88 Å². The smallest absolute Gasteiger partial charge is 0.202 e. The maximum absolute atomic E-state index is 13.7. The zero-order valence-electron chi connectivity index (χ0n) is 16.3. The average Bonchev–Trinajstić information content (AvgIpc) is 3.08. The van der Waals surface area contributed by atoms with E-state index in [9.17, 15) is 13.2 Å². The summed E-state index contributed by atoms with van der Waals surface area (Å²) in [6, 6.07) is 11.0. The van der Waals surface area contributed by atoms with Crippen molar-refractivity contribution >= 4 is 22.9 Å². The molecule has 6 heteroatoms. The van der Waals surface area contributed by atoms with Crippen LogP contribution in [-0.2, 0) is 0 Å². The van der Waals surface area contributed by atoms with Gasteiger partial charge >= 0.3 is 0 Å². The Kier molecular flexibility index (Phi) is 4.00. The lowest BCUT2D eigenvalue weighted by molar-refractivity contribution is 0.447. The summed E-state index contributed by atoms with van der Waals surface area (Å²) in [6.45, 7) is 4.10. The van der Waals surface area contributed by atoms with Gasteiger partial charge in [0.1, 0.15) is 5.58 Å². The number of para-hydroxylation sites is 1. The summed E-state index contributed by atoms with van der Waals surface area (Å²) in [7, 11) is 0. The van der Waals surface area contributed by atoms with Crippen LogP contribution in [0.5, 0.6) is 0 Å². The van der Waals surface area contributed by atoms with E-state index in [2.05, 4.69) is 16.4 Å². The van der Waals surface area contributed by atoms with Crippen LogP contribution in [0, 0.1) is 17.5 Å². The molecule has 4 aromatic rings. The maximum Gasteiger partial charge on any atom is 0.202 e. The number of hydrogen-bond donors (Lipinski definition) is 1. The van der Waals surface area contributed by atoms with Gasteiger partial charge in [-0.15, -0.1) is 0 Å². The van der Waals surface area contributed by atoms with Crippen LogP contribution >= 0.6 is 0 Å². The lowest BCUT2D eigenvalue weighted by atomic mass is 9.97. The monoisotopic (exact) mass is 406 g/mol. The first kappa shape index (κ1) is 18.5. The Morgan fingerprint density at radius 3 is 2.50 bits per heavy atom. The van der Waals surface area contributed by atoms with E-state index >= 15 is 0 Å². The van der Waals surface area contributed by atoms with Gasteiger partial charge in [-0.3, -0.25) is 4.98 Å². The SMILES string of the molecule is CC1(C)C=Cc2c(oc3c(-c4cc(-c5cc(F)c(F)c(F)c5)ccn4)cccc23)N1. The van der Waals surface area contributed by atoms with Gasteiger partial charge in [0.05, 0.1) is 11.2 Å². The van der Waals surface area contributed by atoms with Crippen molar-refractivity contribution in [3.05, 3.63) is 77.8 Å². The molecule has 1 aliphatic heterocycles.